The average Bonchev–Trinajstić information content (AvgIpc) is 3.01. The van der Waals surface area contributed by atoms with Gasteiger partial charge < -0.3 is 9.67 Å². The molecule has 5 nitrogen and oxygen atoms in total. The first-order valence-electron chi connectivity index (χ1n) is 9.30. The van der Waals surface area contributed by atoms with Crippen LogP contribution < -0.4 is 0 Å². The summed E-state index contributed by atoms with van der Waals surface area (Å²) in [6.07, 6.45) is 0.707. The molecule has 0 aliphatic rings. The maximum absolute atomic E-state index is 13.8. The van der Waals surface area contributed by atoms with Crippen molar-refractivity contribution < 1.29 is 14.3 Å². The molecule has 1 aromatic heterocycles. The zero-order chi connectivity index (χ0) is 21.1. The number of nitrogens with zero attached hydrogens (tertiary/aromatic N) is 3. The second-order valence-electron chi connectivity index (χ2n) is 6.71. The summed E-state index contributed by atoms with van der Waals surface area (Å²) in [5, 5.41) is 19.1. The molecule has 0 saturated heterocycles. The largest absolute Gasteiger partial charge is 0.493 e. The van der Waals surface area contributed by atoms with Crippen LogP contribution >= 0.6 is 15.9 Å². The van der Waals surface area contributed by atoms with Gasteiger partial charge in [-0.1, -0.05) is 58.4 Å². The summed E-state index contributed by atoms with van der Waals surface area (Å²) in [6.45, 7) is 0.519. The Morgan fingerprint density at radius 2 is 1.77 bits per heavy atom. The highest BCUT2D eigenvalue weighted by molar-refractivity contribution is 9.10. The lowest BCUT2D eigenvalue weighted by molar-refractivity contribution is 0.0991. The summed E-state index contributed by atoms with van der Waals surface area (Å²) in [6, 6.07) is 21.0. The van der Waals surface area contributed by atoms with E-state index < -0.39 is 11.7 Å². The van der Waals surface area contributed by atoms with Gasteiger partial charge in [0.1, 0.15) is 5.82 Å². The number of halogens is 2. The minimum atomic E-state index is -0.812. The highest BCUT2D eigenvalue weighted by atomic mass is 79.9. The number of aromatic hydroxyl groups is 1. The van der Waals surface area contributed by atoms with Crippen molar-refractivity contribution in [1.82, 2.24) is 4.57 Å². The van der Waals surface area contributed by atoms with E-state index in [0.29, 0.717) is 18.4 Å². The summed E-state index contributed by atoms with van der Waals surface area (Å²) >= 11 is 3.42. The van der Waals surface area contributed by atoms with Crippen LogP contribution in [0, 0.1) is 5.82 Å². The average molecular weight is 466 g/mol. The molecule has 150 valence electrons. The normalized spacial score (nSPS) is 11.4. The van der Waals surface area contributed by atoms with Gasteiger partial charge in [-0.05, 0) is 42.3 Å². The van der Waals surface area contributed by atoms with E-state index in [9.17, 15) is 14.3 Å². The molecule has 1 heterocycles. The smallest absolute Gasteiger partial charge is 0.298 e. The van der Waals surface area contributed by atoms with Crippen molar-refractivity contribution in [3.05, 3.63) is 94.2 Å². The van der Waals surface area contributed by atoms with Crippen molar-refractivity contribution in [1.29, 1.82) is 0 Å². The molecule has 0 aliphatic carbocycles. The van der Waals surface area contributed by atoms with E-state index in [1.54, 1.807) is 16.7 Å². The highest BCUT2D eigenvalue weighted by Gasteiger charge is 2.18. The number of azo groups is 1. The maximum atomic E-state index is 13.8. The van der Waals surface area contributed by atoms with Crippen LogP contribution in [-0.2, 0) is 13.0 Å². The predicted molar refractivity (Wildman–Crippen MR) is 117 cm³/mol. The zero-order valence-electron chi connectivity index (χ0n) is 15.8. The van der Waals surface area contributed by atoms with E-state index in [-0.39, 0.29) is 17.1 Å². The number of rotatable bonds is 5. The van der Waals surface area contributed by atoms with Crippen molar-refractivity contribution in [3.8, 4) is 5.88 Å². The van der Waals surface area contributed by atoms with Crippen molar-refractivity contribution in [2.75, 3.05) is 0 Å². The van der Waals surface area contributed by atoms with Gasteiger partial charge in [-0.3, -0.25) is 4.79 Å². The Labute approximate surface area is 180 Å². The molecule has 0 atom stereocenters. The number of carbonyl (C=O) groups is 1. The van der Waals surface area contributed by atoms with E-state index in [1.165, 1.54) is 18.2 Å². The van der Waals surface area contributed by atoms with Crippen LogP contribution in [0.15, 0.2) is 87.5 Å². The molecule has 0 radical (unpaired) electrons. The molecule has 1 amide bonds. The molecule has 0 fully saturated rings. The molecular weight excluding hydrogens is 449 g/mol. The Kier molecular flexibility index (Phi) is 5.72. The van der Waals surface area contributed by atoms with Crippen LogP contribution in [0.25, 0.3) is 10.9 Å². The summed E-state index contributed by atoms with van der Waals surface area (Å²) in [5.41, 5.74) is 1.89. The standard InChI is InChI=1S/C23H17BrFN3O2/c24-16-10-11-20-18(14-16)21(26-27-22(29)17-8-4-5-9-19(17)25)23(30)28(20)13-12-15-6-2-1-3-7-15/h1-11,14,30H,12-13H2. The van der Waals surface area contributed by atoms with Crippen molar-refractivity contribution in [2.24, 2.45) is 10.2 Å². The first-order valence-corrected chi connectivity index (χ1v) is 10.1. The van der Waals surface area contributed by atoms with E-state index in [2.05, 4.69) is 26.2 Å². The van der Waals surface area contributed by atoms with Crippen LogP contribution in [0.2, 0.25) is 0 Å². The molecule has 0 bridgehead atoms. The van der Waals surface area contributed by atoms with E-state index in [0.717, 1.165) is 15.6 Å². The number of benzene rings is 3. The Morgan fingerprint density at radius 1 is 1.03 bits per heavy atom. The Bertz CT molecular complexity index is 1250. The number of hydrogen-bond acceptors (Lipinski definition) is 3. The molecular formula is C23H17BrFN3O2. The van der Waals surface area contributed by atoms with Crippen molar-refractivity contribution >= 4 is 38.4 Å². The molecule has 4 rings (SSSR count). The fourth-order valence-electron chi connectivity index (χ4n) is 3.29. The first-order chi connectivity index (χ1) is 14.5. The number of hydrogen-bond donors (Lipinski definition) is 1. The van der Waals surface area contributed by atoms with Gasteiger partial charge in [0.25, 0.3) is 5.91 Å². The van der Waals surface area contributed by atoms with Gasteiger partial charge in [0.15, 0.2) is 5.69 Å². The second kappa shape index (κ2) is 8.59. The molecule has 4 aromatic rings. The number of fused-ring (bicyclic) bond motifs is 1. The third-order valence-electron chi connectivity index (χ3n) is 4.78. The lowest BCUT2D eigenvalue weighted by atomic mass is 10.1. The molecule has 1 N–H and O–H groups in total. The Morgan fingerprint density at radius 3 is 2.53 bits per heavy atom. The fraction of sp³-hybridized carbons (Fsp3) is 0.0870. The van der Waals surface area contributed by atoms with E-state index >= 15 is 0 Å². The predicted octanol–water partition coefficient (Wildman–Crippen LogP) is 6.42. The van der Waals surface area contributed by atoms with Gasteiger partial charge in [-0.2, -0.15) is 0 Å². The van der Waals surface area contributed by atoms with Gasteiger partial charge in [0, 0.05) is 16.4 Å². The van der Waals surface area contributed by atoms with Crippen LogP contribution in [0.5, 0.6) is 5.88 Å². The number of aryl methyl sites for hydroxylation is 2. The van der Waals surface area contributed by atoms with Crippen molar-refractivity contribution in [2.45, 2.75) is 13.0 Å². The zero-order valence-corrected chi connectivity index (χ0v) is 17.4. The van der Waals surface area contributed by atoms with Crippen LogP contribution in [0.1, 0.15) is 15.9 Å². The molecule has 0 aliphatic heterocycles. The quantitative estimate of drug-likeness (QED) is 0.345. The number of aromatic nitrogens is 1. The lowest BCUT2D eigenvalue weighted by Gasteiger charge is -2.07. The van der Waals surface area contributed by atoms with Crippen molar-refractivity contribution in [3.63, 3.8) is 0 Å². The van der Waals surface area contributed by atoms with Gasteiger partial charge in [-0.25, -0.2) is 4.39 Å². The summed E-state index contributed by atoms with van der Waals surface area (Å²) in [7, 11) is 0. The van der Waals surface area contributed by atoms with Crippen LogP contribution in [0.3, 0.4) is 0 Å². The lowest BCUT2D eigenvalue weighted by Crippen LogP contribution is -2.00. The molecule has 0 saturated carbocycles. The molecule has 7 heteroatoms. The summed E-state index contributed by atoms with van der Waals surface area (Å²) < 4.78 is 16.4. The fourth-order valence-corrected chi connectivity index (χ4v) is 3.65. The Balaban J connectivity index is 1.70. The minimum absolute atomic E-state index is 0.0934. The summed E-state index contributed by atoms with van der Waals surface area (Å²) in [5.74, 6) is -1.57. The number of carbonyl (C=O) groups excluding carboxylic acids is 1. The van der Waals surface area contributed by atoms with Gasteiger partial charge >= 0.3 is 0 Å². The molecule has 30 heavy (non-hydrogen) atoms. The maximum Gasteiger partial charge on any atom is 0.298 e. The SMILES string of the molecule is O=C(N=Nc1c(O)n(CCc2ccccc2)c2ccc(Br)cc12)c1ccccc1F. The minimum Gasteiger partial charge on any atom is -0.493 e. The topological polar surface area (TPSA) is 66.9 Å². The van der Waals surface area contributed by atoms with Crippen LogP contribution in [0.4, 0.5) is 10.1 Å². The Hall–Kier alpha value is -3.32. The first kappa shape index (κ1) is 20.0. The van der Waals surface area contributed by atoms with Gasteiger partial charge in [0.2, 0.25) is 5.88 Å². The molecule has 0 spiro atoms. The molecule has 0 unspecified atom stereocenters. The van der Waals surface area contributed by atoms with Gasteiger partial charge in [0.05, 0.1) is 11.1 Å². The van der Waals surface area contributed by atoms with E-state index in [1.807, 2.05) is 42.5 Å². The number of amides is 1. The van der Waals surface area contributed by atoms with E-state index in [4.69, 9.17) is 0 Å². The van der Waals surface area contributed by atoms with Crippen LogP contribution in [-0.4, -0.2) is 15.6 Å². The highest BCUT2D eigenvalue weighted by Crippen LogP contribution is 2.40. The second-order valence-corrected chi connectivity index (χ2v) is 7.62. The molecule has 3 aromatic carbocycles. The van der Waals surface area contributed by atoms with Gasteiger partial charge in [-0.15, -0.1) is 10.2 Å². The third-order valence-corrected chi connectivity index (χ3v) is 5.28. The summed E-state index contributed by atoms with van der Waals surface area (Å²) in [4.78, 5) is 12.3. The third kappa shape index (κ3) is 4.02. The monoisotopic (exact) mass is 465 g/mol.